The van der Waals surface area contributed by atoms with Gasteiger partial charge in [0.15, 0.2) is 9.84 Å². The number of fused-ring (bicyclic) bond motifs is 2. The third-order valence-electron chi connectivity index (χ3n) is 3.91. The van der Waals surface area contributed by atoms with Gasteiger partial charge in [-0.1, -0.05) is 0 Å². The van der Waals surface area contributed by atoms with E-state index >= 15 is 0 Å². The van der Waals surface area contributed by atoms with Gasteiger partial charge in [0.2, 0.25) is 0 Å². The molecule has 2 unspecified atom stereocenters. The van der Waals surface area contributed by atoms with Crippen molar-refractivity contribution in [3.63, 3.8) is 0 Å². The Balaban J connectivity index is 1.79. The van der Waals surface area contributed by atoms with Crippen LogP contribution in [0.3, 0.4) is 0 Å². The lowest BCUT2D eigenvalue weighted by Crippen LogP contribution is -2.44. The minimum absolute atomic E-state index is 0.0925. The number of carbonyl (C=O) groups is 1. The van der Waals surface area contributed by atoms with E-state index in [0.29, 0.717) is 24.3 Å². The molecule has 2 bridgehead atoms. The number of ether oxygens (including phenoxy) is 1. The topological polar surface area (TPSA) is 63.7 Å². The molecule has 0 saturated carbocycles. The fraction of sp³-hybridized carbons (Fsp3) is 0.462. The first kappa shape index (κ1) is 12.5. The van der Waals surface area contributed by atoms with E-state index in [2.05, 4.69) is 0 Å². The Bertz CT molecular complexity index is 608. The molecule has 0 aromatic heterocycles. The third-order valence-corrected chi connectivity index (χ3v) is 6.11. The van der Waals surface area contributed by atoms with E-state index in [4.69, 9.17) is 4.74 Å². The number of likely N-dealkylation sites (tertiary alicyclic amines) is 1. The number of hydrogen-bond donors (Lipinski definition) is 0. The Labute approximate surface area is 112 Å². The lowest BCUT2D eigenvalue weighted by Gasteiger charge is -2.26. The van der Waals surface area contributed by atoms with Crippen molar-refractivity contribution in [3.05, 3.63) is 29.8 Å². The minimum Gasteiger partial charge on any atom is -0.497 e. The summed E-state index contributed by atoms with van der Waals surface area (Å²) >= 11 is 0. The number of carbonyl (C=O) groups excluding carboxylic acids is 1. The summed E-state index contributed by atoms with van der Waals surface area (Å²) < 4.78 is 28.4. The van der Waals surface area contributed by atoms with E-state index in [-0.39, 0.29) is 23.0 Å². The highest BCUT2D eigenvalue weighted by molar-refractivity contribution is 7.92. The Morgan fingerprint density at radius 2 is 2.00 bits per heavy atom. The van der Waals surface area contributed by atoms with Crippen molar-refractivity contribution in [1.82, 2.24) is 4.90 Å². The molecule has 1 aromatic carbocycles. The molecular formula is C13H15NO4S. The average molecular weight is 281 g/mol. The SMILES string of the molecule is COc1ccc(C(=O)N2CC3CC2CS3(=O)=O)cc1. The summed E-state index contributed by atoms with van der Waals surface area (Å²) in [5.41, 5.74) is 0.575. The maximum atomic E-state index is 12.3. The van der Waals surface area contributed by atoms with Crippen LogP contribution in [-0.2, 0) is 9.84 Å². The monoisotopic (exact) mass is 281 g/mol. The first-order valence-corrected chi connectivity index (χ1v) is 7.89. The highest BCUT2D eigenvalue weighted by Crippen LogP contribution is 2.33. The number of rotatable bonds is 2. The molecule has 1 amide bonds. The molecule has 5 nitrogen and oxygen atoms in total. The van der Waals surface area contributed by atoms with Crippen molar-refractivity contribution in [2.45, 2.75) is 17.7 Å². The molecule has 0 radical (unpaired) electrons. The molecule has 1 aromatic rings. The summed E-state index contributed by atoms with van der Waals surface area (Å²) in [6, 6.07) is 6.74. The van der Waals surface area contributed by atoms with Gasteiger partial charge in [-0.3, -0.25) is 4.79 Å². The fourth-order valence-corrected chi connectivity index (χ4v) is 4.87. The van der Waals surface area contributed by atoms with Crippen molar-refractivity contribution in [1.29, 1.82) is 0 Å². The van der Waals surface area contributed by atoms with E-state index < -0.39 is 9.84 Å². The van der Waals surface area contributed by atoms with Crippen molar-refractivity contribution < 1.29 is 17.9 Å². The largest absolute Gasteiger partial charge is 0.497 e. The summed E-state index contributed by atoms with van der Waals surface area (Å²) in [7, 11) is -1.39. The number of hydrogen-bond acceptors (Lipinski definition) is 4. The van der Waals surface area contributed by atoms with Crippen LogP contribution in [0, 0.1) is 0 Å². The first-order valence-electron chi connectivity index (χ1n) is 6.18. The number of methoxy groups -OCH3 is 1. The van der Waals surface area contributed by atoms with Crippen LogP contribution in [0.4, 0.5) is 0 Å². The van der Waals surface area contributed by atoms with Gasteiger partial charge in [-0.05, 0) is 30.7 Å². The van der Waals surface area contributed by atoms with Gasteiger partial charge < -0.3 is 9.64 Å². The van der Waals surface area contributed by atoms with Gasteiger partial charge in [-0.2, -0.15) is 0 Å². The van der Waals surface area contributed by atoms with Crippen molar-refractivity contribution in [2.24, 2.45) is 0 Å². The molecule has 2 saturated heterocycles. The fourth-order valence-electron chi connectivity index (χ4n) is 2.84. The van der Waals surface area contributed by atoms with E-state index in [9.17, 15) is 13.2 Å². The zero-order valence-corrected chi connectivity index (χ0v) is 11.4. The summed E-state index contributed by atoms with van der Waals surface area (Å²) in [5, 5.41) is -0.361. The molecule has 0 spiro atoms. The van der Waals surface area contributed by atoms with Gasteiger partial charge >= 0.3 is 0 Å². The van der Waals surface area contributed by atoms with Crippen LogP contribution >= 0.6 is 0 Å². The minimum atomic E-state index is -2.96. The van der Waals surface area contributed by atoms with Crippen LogP contribution in [0.5, 0.6) is 5.75 Å². The molecule has 102 valence electrons. The van der Waals surface area contributed by atoms with Crippen molar-refractivity contribution >= 4 is 15.7 Å². The van der Waals surface area contributed by atoms with Gasteiger partial charge in [0, 0.05) is 18.2 Å². The van der Waals surface area contributed by atoms with Gasteiger partial charge in [0.1, 0.15) is 5.75 Å². The standard InChI is InChI=1S/C13H15NO4S/c1-18-11-4-2-9(3-5-11)13(15)14-7-12-6-10(14)8-19(12,16)17/h2-5,10,12H,6-8H2,1H3. The van der Waals surface area contributed by atoms with Gasteiger partial charge in [-0.15, -0.1) is 0 Å². The molecule has 2 aliphatic heterocycles. The second-order valence-corrected chi connectivity index (χ2v) is 7.35. The highest BCUT2D eigenvalue weighted by Gasteiger charge is 2.49. The van der Waals surface area contributed by atoms with Crippen LogP contribution < -0.4 is 4.74 Å². The Morgan fingerprint density at radius 1 is 1.32 bits per heavy atom. The quantitative estimate of drug-likeness (QED) is 0.801. The van der Waals surface area contributed by atoms with Crippen LogP contribution in [-0.4, -0.2) is 49.9 Å². The summed E-state index contributed by atoms with van der Waals surface area (Å²) in [4.78, 5) is 14.0. The lowest BCUT2D eigenvalue weighted by atomic mass is 10.1. The highest BCUT2D eigenvalue weighted by atomic mass is 32.2. The molecular weight excluding hydrogens is 266 g/mol. The molecule has 6 heteroatoms. The van der Waals surface area contributed by atoms with Crippen LogP contribution in [0.2, 0.25) is 0 Å². The Kier molecular flexibility index (Phi) is 2.78. The number of sulfone groups is 1. The summed E-state index contributed by atoms with van der Waals surface area (Å²) in [6.45, 7) is 0.331. The van der Waals surface area contributed by atoms with Crippen molar-refractivity contribution in [3.8, 4) is 5.75 Å². The lowest BCUT2D eigenvalue weighted by molar-refractivity contribution is 0.0746. The van der Waals surface area contributed by atoms with Gasteiger partial charge in [0.05, 0.1) is 18.1 Å². The van der Waals surface area contributed by atoms with E-state index in [1.165, 1.54) is 0 Å². The molecule has 2 aliphatic rings. The molecule has 3 rings (SSSR count). The number of nitrogens with zero attached hydrogens (tertiary/aromatic N) is 1. The maximum absolute atomic E-state index is 12.3. The van der Waals surface area contributed by atoms with E-state index in [1.54, 1.807) is 36.3 Å². The zero-order valence-electron chi connectivity index (χ0n) is 10.6. The second kappa shape index (κ2) is 4.23. The number of benzene rings is 1. The molecule has 0 aliphatic carbocycles. The predicted octanol–water partition coefficient (Wildman–Crippen LogP) is 0.707. The predicted molar refractivity (Wildman–Crippen MR) is 70.0 cm³/mol. The summed E-state index contributed by atoms with van der Waals surface area (Å²) in [6.07, 6.45) is 0.588. The maximum Gasteiger partial charge on any atom is 0.254 e. The number of amides is 1. The van der Waals surface area contributed by atoms with Crippen LogP contribution in [0.1, 0.15) is 16.8 Å². The van der Waals surface area contributed by atoms with E-state index in [1.807, 2.05) is 0 Å². The molecule has 2 heterocycles. The second-order valence-electron chi connectivity index (χ2n) is 5.03. The Hall–Kier alpha value is -1.56. The van der Waals surface area contributed by atoms with Gasteiger partial charge in [0.25, 0.3) is 5.91 Å². The normalized spacial score (nSPS) is 27.5. The molecule has 2 fully saturated rings. The summed E-state index contributed by atoms with van der Waals surface area (Å²) in [5.74, 6) is 0.714. The first-order chi connectivity index (χ1) is 9.01. The average Bonchev–Trinajstić information content (AvgIpc) is 2.93. The van der Waals surface area contributed by atoms with Crippen LogP contribution in [0.15, 0.2) is 24.3 Å². The van der Waals surface area contributed by atoms with Crippen LogP contribution in [0.25, 0.3) is 0 Å². The molecule has 0 N–H and O–H groups in total. The van der Waals surface area contributed by atoms with E-state index in [0.717, 1.165) is 0 Å². The van der Waals surface area contributed by atoms with Gasteiger partial charge in [-0.25, -0.2) is 8.42 Å². The zero-order chi connectivity index (χ0) is 13.6. The smallest absolute Gasteiger partial charge is 0.254 e. The Morgan fingerprint density at radius 3 is 2.47 bits per heavy atom. The van der Waals surface area contributed by atoms with Crippen molar-refractivity contribution in [2.75, 3.05) is 19.4 Å². The molecule has 2 atom stereocenters. The molecule has 19 heavy (non-hydrogen) atoms. The third kappa shape index (κ3) is 2.00.